The summed E-state index contributed by atoms with van der Waals surface area (Å²) in [5.74, 6) is 0. The third kappa shape index (κ3) is 14.8. The van der Waals surface area contributed by atoms with Gasteiger partial charge in [-0.05, 0) is 32.1 Å². The van der Waals surface area contributed by atoms with Gasteiger partial charge in [0, 0.05) is 0 Å². The van der Waals surface area contributed by atoms with Gasteiger partial charge >= 0.3 is 91.1 Å². The van der Waals surface area contributed by atoms with Gasteiger partial charge in [0.05, 0.1) is 0 Å². The molecule has 2 nitrogen and oxygen atoms in total. The summed E-state index contributed by atoms with van der Waals surface area (Å²) < 4.78 is 15.0. The summed E-state index contributed by atoms with van der Waals surface area (Å²) in [4.78, 5) is 1.83. The Morgan fingerprint density at radius 1 is 0.789 bits per heavy atom. The van der Waals surface area contributed by atoms with Crippen LogP contribution in [0.3, 0.4) is 0 Å². The minimum atomic E-state index is 1.22. The zero-order valence-corrected chi connectivity index (χ0v) is 11.4. The summed E-state index contributed by atoms with van der Waals surface area (Å²) in [5, 5.41) is 0. The van der Waals surface area contributed by atoms with Crippen molar-refractivity contribution >= 4 is 11.0 Å². The Balaban J connectivity index is 0. The Hall–Kier alpha value is -1.17. The Morgan fingerprint density at radius 3 is 1.58 bits per heavy atom. The molecular weight excluding hydrogens is 279 g/mol. The third-order valence-corrected chi connectivity index (χ3v) is 1.94. The predicted molar refractivity (Wildman–Crippen MR) is 70.9 cm³/mol. The molecule has 0 aromatic heterocycles. The van der Waals surface area contributed by atoms with Crippen LogP contribution in [0.2, 0.25) is 0 Å². The molecule has 0 bridgehead atoms. The van der Waals surface area contributed by atoms with Gasteiger partial charge in [0.15, 0.2) is 0 Å². The summed E-state index contributed by atoms with van der Waals surface area (Å²) in [6, 6.07) is 10.2. The van der Waals surface area contributed by atoms with Gasteiger partial charge in [-0.25, -0.2) is 0 Å². The first-order valence-electron chi connectivity index (χ1n) is 5.16. The number of hydrogen-bond acceptors (Lipinski definition) is 0. The summed E-state index contributed by atoms with van der Waals surface area (Å²) in [6.45, 7) is 9.00. The molecular formula is C16H13MnO2. The summed E-state index contributed by atoms with van der Waals surface area (Å²) in [7, 11) is 0. The average Bonchev–Trinajstić information content (AvgIpc) is 3.10. The fraction of sp³-hybridized carbons (Fsp3) is 0. The maximum absolute atomic E-state index is 7.50. The summed E-state index contributed by atoms with van der Waals surface area (Å²) in [5.41, 5.74) is 1.22. The molecule has 0 amide bonds. The number of benzene rings is 1. The van der Waals surface area contributed by atoms with Crippen LogP contribution >= 0.6 is 0 Å². The van der Waals surface area contributed by atoms with E-state index in [0.29, 0.717) is 0 Å². The van der Waals surface area contributed by atoms with Crippen LogP contribution < -0.4 is 0 Å². The van der Waals surface area contributed by atoms with Gasteiger partial charge in [-0.15, -0.1) is 0 Å². The Labute approximate surface area is 123 Å². The van der Waals surface area contributed by atoms with Crippen LogP contribution in [0.4, 0.5) is 0 Å². The molecule has 3 heteroatoms. The molecule has 0 N–H and O–H groups in total. The number of allylic oxidation sites excluding steroid dienone is 1. The molecule has 0 spiro atoms. The maximum atomic E-state index is 7.50. The monoisotopic (exact) mass is 292 g/mol. The second-order valence-corrected chi connectivity index (χ2v) is 3.25. The molecule has 1 fully saturated rings. The van der Waals surface area contributed by atoms with E-state index < -0.39 is 0 Å². The fourth-order valence-electron chi connectivity index (χ4n) is 1.03. The summed E-state index contributed by atoms with van der Waals surface area (Å²) in [6.07, 6.45) is 14.0. The third-order valence-electron chi connectivity index (χ3n) is 1.72. The molecule has 96 valence electrons. The predicted octanol–water partition coefficient (Wildman–Crippen LogP) is 3.00. The SMILES string of the molecule is [C-]#[O+].[C-]#[O+].[CH]1[CH][CH][CH][CH]1.[Mn]=[CH]/C=C/c1ccccc1. The van der Waals surface area contributed by atoms with Gasteiger partial charge in [-0.3, -0.25) is 0 Å². The molecule has 0 saturated heterocycles. The van der Waals surface area contributed by atoms with Gasteiger partial charge in [0.2, 0.25) is 0 Å². The second kappa shape index (κ2) is 19.2. The molecule has 0 heterocycles. The zero-order chi connectivity index (χ0) is 14.8. The van der Waals surface area contributed by atoms with Crippen LogP contribution in [0, 0.1) is 45.4 Å². The van der Waals surface area contributed by atoms with Crippen LogP contribution in [-0.4, -0.2) is 4.92 Å². The molecule has 1 saturated carbocycles. The first kappa shape index (κ1) is 20.2. The fourth-order valence-corrected chi connectivity index (χ4v) is 1.15. The van der Waals surface area contributed by atoms with Crippen molar-refractivity contribution in [3.63, 3.8) is 0 Å². The first-order valence-corrected chi connectivity index (χ1v) is 5.84. The van der Waals surface area contributed by atoms with E-state index in [9.17, 15) is 0 Å². The van der Waals surface area contributed by atoms with E-state index in [0.717, 1.165) is 0 Å². The van der Waals surface area contributed by atoms with Gasteiger partial charge in [0.1, 0.15) is 0 Å². The molecule has 0 unspecified atom stereocenters. The second-order valence-electron chi connectivity index (χ2n) is 2.86. The van der Waals surface area contributed by atoms with E-state index in [-0.39, 0.29) is 0 Å². The van der Waals surface area contributed by atoms with Crippen LogP contribution in [-0.2, 0) is 24.9 Å². The Bertz CT molecular complexity index is 348. The molecule has 0 aliphatic heterocycles. The van der Waals surface area contributed by atoms with Crippen molar-refractivity contribution in [1.82, 2.24) is 0 Å². The topological polar surface area (TPSA) is 39.8 Å². The molecule has 2 rings (SSSR count). The number of rotatable bonds is 2. The van der Waals surface area contributed by atoms with Crippen molar-refractivity contribution in [1.29, 1.82) is 0 Å². The molecule has 5 radical (unpaired) electrons. The first-order chi connectivity index (χ1) is 9.43. The van der Waals surface area contributed by atoms with Crippen LogP contribution in [0.1, 0.15) is 5.56 Å². The van der Waals surface area contributed by atoms with Crippen LogP contribution in [0.15, 0.2) is 36.4 Å². The van der Waals surface area contributed by atoms with Crippen molar-refractivity contribution in [2.75, 3.05) is 0 Å². The Kier molecular flexibility index (Phi) is 20.3. The number of hydrogen-bond donors (Lipinski definition) is 0. The molecule has 1 aliphatic rings. The van der Waals surface area contributed by atoms with E-state index in [1.165, 1.54) is 5.56 Å². The quantitative estimate of drug-likeness (QED) is 0.457. The standard InChI is InChI=1S/C9H8.C5H5.2CO.Mn/c1-2-6-9-7-4-3-5-8-9;1-2-4-5-3-1;2*1-2;/h1-8H;1-5H;;;/b6-2+;;;;. The van der Waals surface area contributed by atoms with E-state index in [1.54, 1.807) is 0 Å². The zero-order valence-electron chi connectivity index (χ0n) is 10.2. The van der Waals surface area contributed by atoms with Gasteiger partial charge in [-0.2, -0.15) is 0 Å². The van der Waals surface area contributed by atoms with Crippen molar-refractivity contribution in [3.05, 3.63) is 87.4 Å². The van der Waals surface area contributed by atoms with Crippen LogP contribution in [0.5, 0.6) is 0 Å². The average molecular weight is 292 g/mol. The van der Waals surface area contributed by atoms with Crippen LogP contribution in [0.25, 0.3) is 6.08 Å². The van der Waals surface area contributed by atoms with E-state index in [1.807, 2.05) is 67.4 Å². The molecule has 1 aromatic carbocycles. The Morgan fingerprint density at radius 2 is 1.21 bits per heavy atom. The van der Waals surface area contributed by atoms with Gasteiger partial charge in [-0.1, -0.05) is 0 Å². The van der Waals surface area contributed by atoms with Gasteiger partial charge in [0.25, 0.3) is 0 Å². The normalized spacial score (nSPS) is 11.8. The molecule has 19 heavy (non-hydrogen) atoms. The molecule has 1 aliphatic carbocycles. The van der Waals surface area contributed by atoms with E-state index in [4.69, 9.17) is 9.30 Å². The van der Waals surface area contributed by atoms with E-state index >= 15 is 0 Å². The van der Waals surface area contributed by atoms with E-state index in [2.05, 4.69) is 41.0 Å². The van der Waals surface area contributed by atoms with Crippen molar-refractivity contribution < 1.29 is 24.9 Å². The molecule has 0 atom stereocenters. The van der Waals surface area contributed by atoms with Crippen molar-refractivity contribution in [3.8, 4) is 0 Å². The van der Waals surface area contributed by atoms with Crippen molar-refractivity contribution in [2.45, 2.75) is 0 Å². The van der Waals surface area contributed by atoms with Gasteiger partial charge < -0.3 is 0 Å². The van der Waals surface area contributed by atoms with Crippen molar-refractivity contribution in [2.24, 2.45) is 0 Å². The summed E-state index contributed by atoms with van der Waals surface area (Å²) >= 11 is 3.20. The minimum absolute atomic E-state index is 1.22. The molecule has 1 aromatic rings.